The number of ether oxygens (including phenoxy) is 2. The summed E-state index contributed by atoms with van der Waals surface area (Å²) < 4.78 is 10.8. The molecule has 0 bridgehead atoms. The molecule has 1 aromatic rings. The van der Waals surface area contributed by atoms with Crippen LogP contribution in [-0.4, -0.2) is 32.3 Å². The molecule has 1 N–H and O–H groups in total. The van der Waals surface area contributed by atoms with Gasteiger partial charge in [-0.1, -0.05) is 6.07 Å². The molecule has 2 aliphatic rings. The van der Waals surface area contributed by atoms with E-state index in [-0.39, 0.29) is 17.9 Å². The fourth-order valence-electron chi connectivity index (χ4n) is 3.35. The minimum absolute atomic E-state index is 0.0320. The Morgan fingerprint density at radius 2 is 2.24 bits per heavy atom. The second-order valence-corrected chi connectivity index (χ2v) is 5.99. The molecule has 114 valence electrons. The number of fused-ring (bicyclic) bond motifs is 1. The van der Waals surface area contributed by atoms with Crippen molar-refractivity contribution in [1.82, 2.24) is 0 Å². The van der Waals surface area contributed by atoms with Gasteiger partial charge in [-0.2, -0.15) is 0 Å². The summed E-state index contributed by atoms with van der Waals surface area (Å²) in [5, 5.41) is 3.03. The van der Waals surface area contributed by atoms with Crippen molar-refractivity contribution in [2.45, 2.75) is 38.2 Å². The summed E-state index contributed by atoms with van der Waals surface area (Å²) in [6.45, 7) is 1.31. The molecule has 2 atom stereocenters. The Labute approximate surface area is 125 Å². The van der Waals surface area contributed by atoms with E-state index in [9.17, 15) is 4.79 Å². The van der Waals surface area contributed by atoms with Gasteiger partial charge in [0.25, 0.3) is 0 Å². The molecule has 1 aromatic carbocycles. The normalized spacial score (nSPS) is 24.6. The lowest BCUT2D eigenvalue weighted by molar-refractivity contribution is -0.121. The average Bonchev–Trinajstić information content (AvgIpc) is 2.95. The number of hydrogen-bond donors (Lipinski definition) is 1. The predicted octanol–water partition coefficient (Wildman–Crippen LogP) is 2.56. The molecule has 0 saturated carbocycles. The molecule has 4 heteroatoms. The van der Waals surface area contributed by atoms with Crippen LogP contribution in [0, 0.1) is 5.92 Å². The smallest absolute Gasteiger partial charge is 0.224 e. The number of benzene rings is 1. The fraction of sp³-hybridized carbons (Fsp3) is 0.588. The van der Waals surface area contributed by atoms with Gasteiger partial charge in [-0.15, -0.1) is 0 Å². The molecule has 0 spiro atoms. The molecule has 21 heavy (non-hydrogen) atoms. The Kier molecular flexibility index (Phi) is 4.56. The molecule has 1 saturated heterocycles. The molecule has 4 nitrogen and oxygen atoms in total. The highest BCUT2D eigenvalue weighted by molar-refractivity contribution is 5.91. The lowest BCUT2D eigenvalue weighted by Crippen LogP contribution is -2.36. The molecule has 3 rings (SSSR count). The number of carbonyl (C=O) groups is 1. The van der Waals surface area contributed by atoms with Crippen LogP contribution in [0.25, 0.3) is 0 Å². The minimum atomic E-state index is 0.0320. The van der Waals surface area contributed by atoms with Crippen LogP contribution in [0.5, 0.6) is 0 Å². The third-order valence-corrected chi connectivity index (χ3v) is 4.57. The average molecular weight is 289 g/mol. The van der Waals surface area contributed by atoms with Gasteiger partial charge in [-0.25, -0.2) is 0 Å². The zero-order valence-corrected chi connectivity index (χ0v) is 12.6. The first-order chi connectivity index (χ1) is 10.3. The maximum absolute atomic E-state index is 12.2. The van der Waals surface area contributed by atoms with Crippen molar-refractivity contribution in [3.63, 3.8) is 0 Å². The summed E-state index contributed by atoms with van der Waals surface area (Å²) >= 11 is 0. The summed E-state index contributed by atoms with van der Waals surface area (Å²) in [5.74, 6) is 0.320. The van der Waals surface area contributed by atoms with Gasteiger partial charge in [0.05, 0.1) is 12.7 Å². The second-order valence-electron chi connectivity index (χ2n) is 5.99. The Morgan fingerprint density at radius 3 is 3.10 bits per heavy atom. The molecular formula is C17H23NO3. The zero-order valence-electron chi connectivity index (χ0n) is 12.6. The third-order valence-electron chi connectivity index (χ3n) is 4.57. The molecular weight excluding hydrogens is 266 g/mol. The van der Waals surface area contributed by atoms with Crippen LogP contribution in [-0.2, 0) is 27.1 Å². The topological polar surface area (TPSA) is 47.6 Å². The number of nitrogens with one attached hydrogen (secondary N) is 1. The van der Waals surface area contributed by atoms with Crippen LogP contribution in [0.4, 0.5) is 5.69 Å². The molecule has 1 heterocycles. The summed E-state index contributed by atoms with van der Waals surface area (Å²) in [7, 11) is 1.69. The largest absolute Gasteiger partial charge is 0.379 e. The van der Waals surface area contributed by atoms with Crippen LogP contribution in [0.3, 0.4) is 0 Å². The number of amides is 1. The Bertz CT molecular complexity index is 515. The molecule has 1 aliphatic carbocycles. The highest BCUT2D eigenvalue weighted by atomic mass is 16.5. The summed E-state index contributed by atoms with van der Waals surface area (Å²) in [5.41, 5.74) is 3.73. The monoisotopic (exact) mass is 289 g/mol. The van der Waals surface area contributed by atoms with E-state index in [1.54, 1.807) is 7.11 Å². The standard InChI is InChI=1S/C17H23NO3/c1-20-16-11-21-8-7-14(16)10-17(19)18-15-6-5-12-3-2-4-13(12)9-15/h5-6,9,14,16H,2-4,7-8,10-11H2,1H3,(H,18,19)/t14-,16-/m0/s1. The maximum Gasteiger partial charge on any atom is 0.224 e. The summed E-state index contributed by atoms with van der Waals surface area (Å²) in [4.78, 5) is 12.2. The van der Waals surface area contributed by atoms with E-state index in [4.69, 9.17) is 9.47 Å². The van der Waals surface area contributed by atoms with E-state index in [0.29, 0.717) is 13.0 Å². The SMILES string of the molecule is CO[C@H]1COCC[C@H]1CC(=O)Nc1ccc2c(c1)CCC2. The van der Waals surface area contributed by atoms with Crippen LogP contribution in [0.1, 0.15) is 30.4 Å². The van der Waals surface area contributed by atoms with Crippen LogP contribution in [0.15, 0.2) is 18.2 Å². The fourth-order valence-corrected chi connectivity index (χ4v) is 3.35. The van der Waals surface area contributed by atoms with Gasteiger partial charge in [-0.05, 0) is 54.9 Å². The molecule has 0 radical (unpaired) electrons. The minimum Gasteiger partial charge on any atom is -0.379 e. The first kappa shape index (κ1) is 14.5. The highest BCUT2D eigenvalue weighted by Crippen LogP contribution is 2.26. The van der Waals surface area contributed by atoms with Crippen molar-refractivity contribution in [2.24, 2.45) is 5.92 Å². The zero-order chi connectivity index (χ0) is 14.7. The van der Waals surface area contributed by atoms with Gasteiger partial charge in [-0.3, -0.25) is 4.79 Å². The van der Waals surface area contributed by atoms with Crippen molar-refractivity contribution >= 4 is 11.6 Å². The van der Waals surface area contributed by atoms with E-state index in [1.807, 2.05) is 6.07 Å². The van der Waals surface area contributed by atoms with Gasteiger partial charge in [0.1, 0.15) is 0 Å². The maximum atomic E-state index is 12.2. The molecule has 0 unspecified atom stereocenters. The third kappa shape index (κ3) is 3.44. The van der Waals surface area contributed by atoms with Crippen LogP contribution >= 0.6 is 0 Å². The van der Waals surface area contributed by atoms with E-state index < -0.39 is 0 Å². The van der Waals surface area contributed by atoms with Crippen molar-refractivity contribution in [2.75, 3.05) is 25.6 Å². The van der Waals surface area contributed by atoms with E-state index in [1.165, 1.54) is 24.0 Å². The Hall–Kier alpha value is -1.39. The summed E-state index contributed by atoms with van der Waals surface area (Å²) in [6, 6.07) is 6.28. The highest BCUT2D eigenvalue weighted by Gasteiger charge is 2.27. The molecule has 1 amide bonds. The van der Waals surface area contributed by atoms with Crippen molar-refractivity contribution in [3.8, 4) is 0 Å². The van der Waals surface area contributed by atoms with Crippen LogP contribution in [0.2, 0.25) is 0 Å². The number of aryl methyl sites for hydroxylation is 2. The van der Waals surface area contributed by atoms with E-state index in [0.717, 1.165) is 25.1 Å². The number of anilines is 1. The van der Waals surface area contributed by atoms with Gasteiger partial charge < -0.3 is 14.8 Å². The Balaban J connectivity index is 1.58. The number of methoxy groups -OCH3 is 1. The Morgan fingerprint density at radius 1 is 1.38 bits per heavy atom. The molecule has 1 aliphatic heterocycles. The number of carbonyl (C=O) groups excluding carboxylic acids is 1. The van der Waals surface area contributed by atoms with E-state index >= 15 is 0 Å². The van der Waals surface area contributed by atoms with E-state index in [2.05, 4.69) is 17.4 Å². The van der Waals surface area contributed by atoms with Gasteiger partial charge in [0.15, 0.2) is 0 Å². The van der Waals surface area contributed by atoms with Crippen molar-refractivity contribution < 1.29 is 14.3 Å². The van der Waals surface area contributed by atoms with Gasteiger partial charge in [0.2, 0.25) is 5.91 Å². The predicted molar refractivity (Wildman–Crippen MR) is 81.4 cm³/mol. The second kappa shape index (κ2) is 6.58. The van der Waals surface area contributed by atoms with Crippen molar-refractivity contribution in [1.29, 1.82) is 0 Å². The first-order valence-electron chi connectivity index (χ1n) is 7.78. The van der Waals surface area contributed by atoms with Gasteiger partial charge >= 0.3 is 0 Å². The molecule has 1 fully saturated rings. The number of rotatable bonds is 4. The quantitative estimate of drug-likeness (QED) is 0.926. The lowest BCUT2D eigenvalue weighted by atomic mass is 9.93. The van der Waals surface area contributed by atoms with Crippen molar-refractivity contribution in [3.05, 3.63) is 29.3 Å². The first-order valence-corrected chi connectivity index (χ1v) is 7.78. The number of hydrogen-bond acceptors (Lipinski definition) is 3. The molecule has 0 aromatic heterocycles. The summed E-state index contributed by atoms with van der Waals surface area (Å²) in [6.07, 6.45) is 4.94. The lowest BCUT2D eigenvalue weighted by Gasteiger charge is -2.29. The van der Waals surface area contributed by atoms with Crippen LogP contribution < -0.4 is 5.32 Å². The van der Waals surface area contributed by atoms with Gasteiger partial charge in [0, 0.05) is 25.8 Å².